The van der Waals surface area contributed by atoms with E-state index in [-0.39, 0.29) is 0 Å². The van der Waals surface area contributed by atoms with Crippen LogP contribution in [-0.4, -0.2) is 19.9 Å². The van der Waals surface area contributed by atoms with Gasteiger partial charge in [0.25, 0.3) is 0 Å². The lowest BCUT2D eigenvalue weighted by atomic mass is 9.90. The molecule has 0 aromatic heterocycles. The van der Waals surface area contributed by atoms with E-state index in [4.69, 9.17) is 0 Å². The molecule has 1 aliphatic rings. The lowest BCUT2D eigenvalue weighted by Crippen LogP contribution is -2.11. The van der Waals surface area contributed by atoms with Crippen molar-refractivity contribution in [3.63, 3.8) is 0 Å². The van der Waals surface area contributed by atoms with Gasteiger partial charge in [-0.25, -0.2) is 0 Å². The molecule has 0 saturated carbocycles. The number of rotatable bonds is 5. The fraction of sp³-hybridized carbons (Fsp3) is 0.583. The Bertz CT molecular complexity index is 263. The Morgan fingerprint density at radius 3 is 2.86 bits per heavy atom. The molecule has 1 N–H and O–H groups in total. The van der Waals surface area contributed by atoms with Gasteiger partial charge in [-0.2, -0.15) is 0 Å². The molecular weight excluding hydrogens is 174 g/mol. The van der Waals surface area contributed by atoms with Crippen molar-refractivity contribution < 1.29 is 4.79 Å². The highest BCUT2D eigenvalue weighted by Gasteiger charge is 2.11. The van der Waals surface area contributed by atoms with Crippen LogP contribution in [0.2, 0.25) is 0 Å². The van der Waals surface area contributed by atoms with Gasteiger partial charge in [0.15, 0.2) is 0 Å². The molecule has 0 unspecified atom stereocenters. The monoisotopic (exact) mass is 193 g/mol. The number of hydrogen-bond acceptors (Lipinski definition) is 2. The molecule has 0 saturated heterocycles. The second-order valence-electron chi connectivity index (χ2n) is 3.69. The topological polar surface area (TPSA) is 29.1 Å². The lowest BCUT2D eigenvalue weighted by molar-refractivity contribution is -0.104. The summed E-state index contributed by atoms with van der Waals surface area (Å²) in [7, 11) is 1.94. The number of carbonyl (C=O) groups is 1. The molecule has 0 aromatic carbocycles. The summed E-state index contributed by atoms with van der Waals surface area (Å²) in [6, 6.07) is 0. The van der Waals surface area contributed by atoms with E-state index in [2.05, 4.69) is 18.3 Å². The molecule has 0 heterocycles. The number of hydrogen-bond donors (Lipinski definition) is 1. The number of aldehydes is 1. The SMILES string of the molecule is CCC1=CC(C=O)=C(CCNC)CC1. The van der Waals surface area contributed by atoms with Crippen LogP contribution >= 0.6 is 0 Å². The second-order valence-corrected chi connectivity index (χ2v) is 3.69. The highest BCUT2D eigenvalue weighted by atomic mass is 16.1. The molecule has 0 amide bonds. The fourth-order valence-corrected chi connectivity index (χ4v) is 1.79. The van der Waals surface area contributed by atoms with Gasteiger partial charge < -0.3 is 5.32 Å². The predicted octanol–water partition coefficient (Wildman–Crippen LogP) is 2.22. The third-order valence-corrected chi connectivity index (χ3v) is 2.77. The van der Waals surface area contributed by atoms with Gasteiger partial charge in [-0.1, -0.05) is 24.1 Å². The molecule has 0 atom stereocenters. The maximum atomic E-state index is 10.9. The van der Waals surface area contributed by atoms with Crippen LogP contribution in [0.25, 0.3) is 0 Å². The molecule has 0 bridgehead atoms. The van der Waals surface area contributed by atoms with E-state index in [9.17, 15) is 4.79 Å². The molecule has 0 aliphatic heterocycles. The van der Waals surface area contributed by atoms with Crippen LogP contribution in [-0.2, 0) is 4.79 Å². The molecule has 14 heavy (non-hydrogen) atoms. The quantitative estimate of drug-likeness (QED) is 0.678. The second kappa shape index (κ2) is 5.76. The third-order valence-electron chi connectivity index (χ3n) is 2.77. The summed E-state index contributed by atoms with van der Waals surface area (Å²) in [6.45, 7) is 3.11. The van der Waals surface area contributed by atoms with Crippen molar-refractivity contribution >= 4 is 6.29 Å². The van der Waals surface area contributed by atoms with Gasteiger partial charge in [0.05, 0.1) is 0 Å². The Labute approximate surface area is 86.1 Å². The van der Waals surface area contributed by atoms with Crippen LogP contribution in [0.4, 0.5) is 0 Å². The van der Waals surface area contributed by atoms with Crippen molar-refractivity contribution in [1.29, 1.82) is 0 Å². The van der Waals surface area contributed by atoms with Crippen molar-refractivity contribution in [3.8, 4) is 0 Å². The summed E-state index contributed by atoms with van der Waals surface area (Å²) < 4.78 is 0. The molecule has 0 spiro atoms. The Kier molecular flexibility index (Phi) is 4.60. The van der Waals surface area contributed by atoms with Crippen LogP contribution in [0.15, 0.2) is 22.8 Å². The van der Waals surface area contributed by atoms with E-state index in [1.165, 1.54) is 11.1 Å². The summed E-state index contributed by atoms with van der Waals surface area (Å²) >= 11 is 0. The van der Waals surface area contributed by atoms with Gasteiger partial charge >= 0.3 is 0 Å². The van der Waals surface area contributed by atoms with Crippen LogP contribution in [0, 0.1) is 0 Å². The highest BCUT2D eigenvalue weighted by molar-refractivity contribution is 5.79. The first-order valence-electron chi connectivity index (χ1n) is 5.33. The Hall–Kier alpha value is -0.890. The Morgan fingerprint density at radius 1 is 1.50 bits per heavy atom. The first-order valence-corrected chi connectivity index (χ1v) is 5.33. The zero-order chi connectivity index (χ0) is 10.4. The minimum Gasteiger partial charge on any atom is -0.319 e. The van der Waals surface area contributed by atoms with E-state index in [1.54, 1.807) is 0 Å². The largest absolute Gasteiger partial charge is 0.319 e. The summed E-state index contributed by atoms with van der Waals surface area (Å²) in [5, 5.41) is 3.11. The molecule has 78 valence electrons. The summed E-state index contributed by atoms with van der Waals surface area (Å²) in [5.74, 6) is 0. The van der Waals surface area contributed by atoms with Gasteiger partial charge in [0, 0.05) is 5.57 Å². The fourth-order valence-electron chi connectivity index (χ4n) is 1.79. The minimum absolute atomic E-state index is 0.920. The van der Waals surface area contributed by atoms with E-state index < -0.39 is 0 Å². The molecule has 0 radical (unpaired) electrons. The minimum atomic E-state index is 0.920. The normalized spacial score (nSPS) is 16.9. The van der Waals surface area contributed by atoms with Crippen molar-refractivity contribution in [2.45, 2.75) is 32.6 Å². The van der Waals surface area contributed by atoms with Crippen molar-refractivity contribution in [1.82, 2.24) is 5.32 Å². The van der Waals surface area contributed by atoms with Crippen molar-refractivity contribution in [2.24, 2.45) is 0 Å². The van der Waals surface area contributed by atoms with Gasteiger partial charge in [-0.15, -0.1) is 0 Å². The standard InChI is InChI=1S/C12H19NO/c1-3-10-4-5-11(6-7-13-2)12(8-10)9-14/h8-9,13H,3-7H2,1-2H3. The first kappa shape index (κ1) is 11.2. The zero-order valence-electron chi connectivity index (χ0n) is 9.10. The Morgan fingerprint density at radius 2 is 2.29 bits per heavy atom. The number of allylic oxidation sites excluding steroid dienone is 3. The molecular formula is C12H19NO. The van der Waals surface area contributed by atoms with Crippen LogP contribution < -0.4 is 5.32 Å². The summed E-state index contributed by atoms with van der Waals surface area (Å²) in [5.41, 5.74) is 3.63. The van der Waals surface area contributed by atoms with Gasteiger partial charge in [-0.3, -0.25) is 4.79 Å². The highest BCUT2D eigenvalue weighted by Crippen LogP contribution is 2.26. The lowest BCUT2D eigenvalue weighted by Gasteiger charge is -2.16. The molecule has 2 heteroatoms. The number of carbonyl (C=O) groups excluding carboxylic acids is 1. The smallest absolute Gasteiger partial charge is 0.150 e. The molecule has 2 nitrogen and oxygen atoms in total. The average Bonchev–Trinajstić information content (AvgIpc) is 2.26. The molecule has 0 fully saturated rings. The number of nitrogens with one attached hydrogen (secondary N) is 1. The van der Waals surface area contributed by atoms with E-state index in [0.29, 0.717) is 0 Å². The van der Waals surface area contributed by atoms with Crippen LogP contribution in [0.1, 0.15) is 32.6 Å². The maximum absolute atomic E-state index is 10.9. The third kappa shape index (κ3) is 2.81. The van der Waals surface area contributed by atoms with Gasteiger partial charge in [0.1, 0.15) is 6.29 Å². The van der Waals surface area contributed by atoms with Crippen LogP contribution in [0.3, 0.4) is 0 Å². The Balaban J connectivity index is 2.73. The summed E-state index contributed by atoms with van der Waals surface area (Å²) in [4.78, 5) is 10.9. The van der Waals surface area contributed by atoms with E-state index in [1.807, 2.05) is 7.05 Å². The molecule has 0 aromatic rings. The zero-order valence-corrected chi connectivity index (χ0v) is 9.10. The van der Waals surface area contributed by atoms with E-state index in [0.717, 1.165) is 44.1 Å². The molecule has 1 aliphatic carbocycles. The van der Waals surface area contributed by atoms with E-state index >= 15 is 0 Å². The first-order chi connectivity index (χ1) is 6.81. The summed E-state index contributed by atoms with van der Waals surface area (Å²) in [6.07, 6.45) is 7.33. The van der Waals surface area contributed by atoms with Gasteiger partial charge in [0.2, 0.25) is 0 Å². The average molecular weight is 193 g/mol. The predicted molar refractivity (Wildman–Crippen MR) is 59.2 cm³/mol. The van der Waals surface area contributed by atoms with Crippen molar-refractivity contribution in [2.75, 3.05) is 13.6 Å². The van der Waals surface area contributed by atoms with Crippen molar-refractivity contribution in [3.05, 3.63) is 22.8 Å². The van der Waals surface area contributed by atoms with Crippen LogP contribution in [0.5, 0.6) is 0 Å². The maximum Gasteiger partial charge on any atom is 0.150 e. The van der Waals surface area contributed by atoms with Gasteiger partial charge in [-0.05, 0) is 39.3 Å². The molecule has 1 rings (SSSR count).